The number of rotatable bonds is 1. The second-order valence-corrected chi connectivity index (χ2v) is 2.88. The Hall–Kier alpha value is -1.52. The Kier molecular flexibility index (Phi) is 1.49. The Balaban J connectivity index is 2.31. The van der Waals surface area contributed by atoms with Crippen LogP contribution in [0.2, 0.25) is 0 Å². The van der Waals surface area contributed by atoms with Gasteiger partial charge in [-0.2, -0.15) is 4.99 Å². The predicted octanol–water partition coefficient (Wildman–Crippen LogP) is -0.197. The number of hydrogen-bond donors (Lipinski definition) is 3. The van der Waals surface area contributed by atoms with Crippen LogP contribution >= 0.6 is 0 Å². The van der Waals surface area contributed by atoms with Crippen molar-refractivity contribution in [2.24, 2.45) is 16.5 Å². The van der Waals surface area contributed by atoms with Crippen LogP contribution < -0.4 is 11.5 Å². The molecule has 0 spiro atoms. The Bertz CT molecular complexity index is 299. The molecular formula is C7H11N5. The maximum Gasteiger partial charge on any atom is 0.230 e. The highest BCUT2D eigenvalue weighted by Crippen LogP contribution is 2.21. The van der Waals surface area contributed by atoms with Gasteiger partial charge in [-0.15, -0.1) is 0 Å². The molecule has 5 nitrogen and oxygen atoms in total. The SMILES string of the molecule is NC(N)=Nc1nc2c([nH]1)CCC2. The summed E-state index contributed by atoms with van der Waals surface area (Å²) in [6.45, 7) is 0. The highest BCUT2D eigenvalue weighted by atomic mass is 15.1. The molecule has 2 rings (SSSR count). The van der Waals surface area contributed by atoms with Crippen LogP contribution in [0.5, 0.6) is 0 Å². The van der Waals surface area contributed by atoms with Crippen LogP contribution in [0.4, 0.5) is 5.95 Å². The van der Waals surface area contributed by atoms with Crippen LogP contribution in [-0.4, -0.2) is 15.9 Å². The average Bonchev–Trinajstić information content (AvgIpc) is 2.43. The van der Waals surface area contributed by atoms with Crippen LogP contribution in [0, 0.1) is 0 Å². The molecule has 0 atom stereocenters. The molecule has 0 amide bonds. The van der Waals surface area contributed by atoms with E-state index in [1.807, 2.05) is 0 Å². The molecule has 0 aromatic carbocycles. The van der Waals surface area contributed by atoms with Crippen molar-refractivity contribution in [3.63, 3.8) is 0 Å². The normalized spacial score (nSPS) is 14.3. The highest BCUT2D eigenvalue weighted by molar-refractivity contribution is 5.77. The van der Waals surface area contributed by atoms with Crippen molar-refractivity contribution in [2.75, 3.05) is 0 Å². The summed E-state index contributed by atoms with van der Waals surface area (Å²) in [6.07, 6.45) is 3.27. The fourth-order valence-electron chi connectivity index (χ4n) is 1.45. The zero-order chi connectivity index (χ0) is 8.55. The zero-order valence-electron chi connectivity index (χ0n) is 6.67. The molecule has 0 unspecified atom stereocenters. The molecule has 5 heteroatoms. The van der Waals surface area contributed by atoms with Crippen LogP contribution in [-0.2, 0) is 12.8 Å². The fourth-order valence-corrected chi connectivity index (χ4v) is 1.45. The number of H-pyrrole nitrogens is 1. The van der Waals surface area contributed by atoms with E-state index in [1.54, 1.807) is 0 Å². The number of hydrogen-bond acceptors (Lipinski definition) is 2. The number of nitrogens with one attached hydrogen (secondary N) is 1. The smallest absolute Gasteiger partial charge is 0.230 e. The van der Waals surface area contributed by atoms with Gasteiger partial charge in [-0.1, -0.05) is 0 Å². The molecule has 0 saturated heterocycles. The molecule has 1 aromatic heterocycles. The number of fused-ring (bicyclic) bond motifs is 1. The number of aromatic amines is 1. The van der Waals surface area contributed by atoms with E-state index in [0.29, 0.717) is 5.95 Å². The second kappa shape index (κ2) is 2.51. The molecule has 0 bridgehead atoms. The van der Waals surface area contributed by atoms with Crippen LogP contribution in [0.1, 0.15) is 17.8 Å². The average molecular weight is 165 g/mol. The van der Waals surface area contributed by atoms with Crippen molar-refractivity contribution in [3.8, 4) is 0 Å². The monoisotopic (exact) mass is 165 g/mol. The minimum absolute atomic E-state index is 0.0439. The number of imidazole rings is 1. The van der Waals surface area contributed by atoms with Gasteiger partial charge in [0.25, 0.3) is 0 Å². The first kappa shape index (κ1) is 7.15. The minimum atomic E-state index is 0.0439. The lowest BCUT2D eigenvalue weighted by atomic mass is 10.4. The van der Waals surface area contributed by atoms with Crippen LogP contribution in [0.25, 0.3) is 0 Å². The first-order chi connectivity index (χ1) is 5.75. The lowest BCUT2D eigenvalue weighted by molar-refractivity contribution is 0.876. The summed E-state index contributed by atoms with van der Waals surface area (Å²) >= 11 is 0. The number of aromatic nitrogens is 2. The van der Waals surface area contributed by atoms with E-state index in [1.165, 1.54) is 12.1 Å². The first-order valence-corrected chi connectivity index (χ1v) is 3.93. The van der Waals surface area contributed by atoms with E-state index in [2.05, 4.69) is 15.0 Å². The first-order valence-electron chi connectivity index (χ1n) is 3.93. The third-order valence-electron chi connectivity index (χ3n) is 1.93. The van der Waals surface area contributed by atoms with E-state index < -0.39 is 0 Å². The second-order valence-electron chi connectivity index (χ2n) is 2.88. The third kappa shape index (κ3) is 1.13. The largest absolute Gasteiger partial charge is 0.370 e. The summed E-state index contributed by atoms with van der Waals surface area (Å²) in [7, 11) is 0. The van der Waals surface area contributed by atoms with Gasteiger partial charge >= 0.3 is 0 Å². The molecule has 1 heterocycles. The maximum atomic E-state index is 5.21. The Morgan fingerprint density at radius 2 is 2.25 bits per heavy atom. The number of nitrogens with two attached hydrogens (primary N) is 2. The van der Waals surface area contributed by atoms with Gasteiger partial charge in [0.05, 0.1) is 5.69 Å². The Morgan fingerprint density at radius 1 is 1.42 bits per heavy atom. The molecule has 1 aromatic rings. The van der Waals surface area contributed by atoms with Gasteiger partial charge in [0.2, 0.25) is 5.95 Å². The Morgan fingerprint density at radius 3 is 2.92 bits per heavy atom. The van der Waals surface area contributed by atoms with E-state index in [4.69, 9.17) is 11.5 Å². The standard InChI is InChI=1S/C7H11N5/c8-6(9)12-7-10-4-2-1-3-5(4)11-7/h1-3H2,(H5,8,9,10,11,12). The molecule has 0 saturated carbocycles. The summed E-state index contributed by atoms with van der Waals surface area (Å²) in [5, 5.41) is 0. The molecule has 0 aliphatic heterocycles. The van der Waals surface area contributed by atoms with Gasteiger partial charge in [0, 0.05) is 5.69 Å². The summed E-state index contributed by atoms with van der Waals surface area (Å²) in [6, 6.07) is 0. The van der Waals surface area contributed by atoms with Crippen molar-refractivity contribution in [2.45, 2.75) is 19.3 Å². The van der Waals surface area contributed by atoms with Crippen molar-refractivity contribution in [1.82, 2.24) is 9.97 Å². The molecule has 0 radical (unpaired) electrons. The van der Waals surface area contributed by atoms with Crippen molar-refractivity contribution >= 4 is 11.9 Å². The van der Waals surface area contributed by atoms with E-state index in [9.17, 15) is 0 Å². The van der Waals surface area contributed by atoms with E-state index in [0.717, 1.165) is 18.5 Å². The molecule has 5 N–H and O–H groups in total. The molecule has 64 valence electrons. The molecule has 1 aliphatic rings. The van der Waals surface area contributed by atoms with Gasteiger partial charge in [-0.25, -0.2) is 4.98 Å². The molecule has 12 heavy (non-hydrogen) atoms. The lowest BCUT2D eigenvalue weighted by Gasteiger charge is -1.88. The number of aliphatic imine (C=N–C) groups is 1. The highest BCUT2D eigenvalue weighted by Gasteiger charge is 2.15. The quantitative estimate of drug-likeness (QED) is 0.397. The van der Waals surface area contributed by atoms with Crippen molar-refractivity contribution in [1.29, 1.82) is 0 Å². The number of nitrogens with zero attached hydrogens (tertiary/aromatic N) is 2. The van der Waals surface area contributed by atoms with E-state index >= 15 is 0 Å². The maximum absolute atomic E-state index is 5.21. The van der Waals surface area contributed by atoms with E-state index in [-0.39, 0.29) is 5.96 Å². The fraction of sp³-hybridized carbons (Fsp3) is 0.429. The summed E-state index contributed by atoms with van der Waals surface area (Å²) in [4.78, 5) is 11.1. The summed E-state index contributed by atoms with van der Waals surface area (Å²) < 4.78 is 0. The molecule has 0 fully saturated rings. The van der Waals surface area contributed by atoms with Gasteiger partial charge in [0.15, 0.2) is 5.96 Å². The van der Waals surface area contributed by atoms with Crippen LogP contribution in [0.3, 0.4) is 0 Å². The third-order valence-corrected chi connectivity index (χ3v) is 1.93. The molecular weight excluding hydrogens is 154 g/mol. The van der Waals surface area contributed by atoms with Crippen molar-refractivity contribution < 1.29 is 0 Å². The minimum Gasteiger partial charge on any atom is -0.370 e. The summed E-state index contributed by atoms with van der Waals surface area (Å²) in [5.74, 6) is 0.571. The van der Waals surface area contributed by atoms with Crippen molar-refractivity contribution in [3.05, 3.63) is 11.4 Å². The van der Waals surface area contributed by atoms with Gasteiger partial charge in [-0.3, -0.25) is 0 Å². The number of guanidine groups is 1. The lowest BCUT2D eigenvalue weighted by Crippen LogP contribution is -2.22. The molecule has 1 aliphatic carbocycles. The topological polar surface area (TPSA) is 93.1 Å². The summed E-state index contributed by atoms with van der Waals surface area (Å²) in [5.41, 5.74) is 12.7. The van der Waals surface area contributed by atoms with Gasteiger partial charge in [-0.05, 0) is 19.3 Å². The Labute approximate surface area is 69.9 Å². The van der Waals surface area contributed by atoms with Gasteiger partial charge < -0.3 is 16.5 Å². The van der Waals surface area contributed by atoms with Crippen LogP contribution in [0.15, 0.2) is 4.99 Å². The number of aryl methyl sites for hydroxylation is 2. The zero-order valence-corrected chi connectivity index (χ0v) is 6.67. The predicted molar refractivity (Wildman–Crippen MR) is 46.1 cm³/mol. The van der Waals surface area contributed by atoms with Gasteiger partial charge in [0.1, 0.15) is 0 Å².